The Kier molecular flexibility index (Phi) is 3.77. The Labute approximate surface area is 140 Å². The first-order chi connectivity index (χ1) is 10.7. The first-order valence-corrected chi connectivity index (χ1v) is 8.41. The summed E-state index contributed by atoms with van der Waals surface area (Å²) in [4.78, 5) is 0. The SMILES string of the molecule is Clc1ccc([C@@H]2Nc3ccccc3[C@H]3OCCC[C@H]32)cc1Cl. The van der Waals surface area contributed by atoms with Gasteiger partial charge in [0.2, 0.25) is 0 Å². The van der Waals surface area contributed by atoms with Gasteiger partial charge in [-0.05, 0) is 36.6 Å². The highest BCUT2D eigenvalue weighted by atomic mass is 35.5. The molecular weight excluding hydrogens is 317 g/mol. The average molecular weight is 334 g/mol. The predicted octanol–water partition coefficient (Wildman–Crippen LogP) is 5.63. The summed E-state index contributed by atoms with van der Waals surface area (Å²) in [6.07, 6.45) is 2.41. The molecule has 2 aromatic carbocycles. The Morgan fingerprint density at radius 1 is 1.05 bits per heavy atom. The number of anilines is 1. The van der Waals surface area contributed by atoms with Crippen LogP contribution in [0, 0.1) is 5.92 Å². The van der Waals surface area contributed by atoms with Crippen LogP contribution in [0.15, 0.2) is 42.5 Å². The zero-order valence-electron chi connectivity index (χ0n) is 12.1. The highest BCUT2D eigenvalue weighted by molar-refractivity contribution is 6.42. The van der Waals surface area contributed by atoms with E-state index in [1.165, 1.54) is 11.1 Å². The molecule has 2 aliphatic heterocycles. The number of rotatable bonds is 1. The molecule has 1 saturated heterocycles. The zero-order chi connectivity index (χ0) is 15.1. The lowest BCUT2D eigenvalue weighted by Gasteiger charge is -2.43. The lowest BCUT2D eigenvalue weighted by Crippen LogP contribution is -2.35. The van der Waals surface area contributed by atoms with Crippen molar-refractivity contribution in [1.29, 1.82) is 0 Å². The quantitative estimate of drug-likeness (QED) is 0.730. The van der Waals surface area contributed by atoms with Crippen molar-refractivity contribution in [1.82, 2.24) is 0 Å². The smallest absolute Gasteiger partial charge is 0.0895 e. The summed E-state index contributed by atoms with van der Waals surface area (Å²) in [5.41, 5.74) is 3.59. The van der Waals surface area contributed by atoms with Gasteiger partial charge in [-0.25, -0.2) is 0 Å². The van der Waals surface area contributed by atoms with E-state index in [1.807, 2.05) is 12.1 Å². The maximum absolute atomic E-state index is 6.22. The van der Waals surface area contributed by atoms with Crippen LogP contribution in [0.2, 0.25) is 10.0 Å². The van der Waals surface area contributed by atoms with Gasteiger partial charge in [-0.2, -0.15) is 0 Å². The third kappa shape index (κ3) is 2.40. The fraction of sp³-hybridized carbons (Fsp3) is 0.333. The van der Waals surface area contributed by atoms with E-state index < -0.39 is 0 Å². The molecule has 4 rings (SSSR count). The Morgan fingerprint density at radius 2 is 1.91 bits per heavy atom. The van der Waals surface area contributed by atoms with Crippen LogP contribution in [0.3, 0.4) is 0 Å². The molecular formula is C18H17Cl2NO. The van der Waals surface area contributed by atoms with Gasteiger partial charge in [0.25, 0.3) is 0 Å². The standard InChI is InChI=1S/C18H17Cl2NO/c19-14-8-7-11(10-15(14)20)17-13-5-3-9-22-18(13)12-4-1-2-6-16(12)21-17/h1-2,4,6-8,10,13,17-18,21H,3,5,9H2/t13-,17-,18+/m0/s1. The van der Waals surface area contributed by atoms with E-state index >= 15 is 0 Å². The van der Waals surface area contributed by atoms with Gasteiger partial charge < -0.3 is 10.1 Å². The number of halogens is 2. The van der Waals surface area contributed by atoms with Gasteiger partial charge in [-0.15, -0.1) is 0 Å². The molecule has 0 amide bonds. The fourth-order valence-corrected chi connectivity index (χ4v) is 3.96. The van der Waals surface area contributed by atoms with E-state index in [1.54, 1.807) is 0 Å². The molecule has 0 unspecified atom stereocenters. The third-order valence-electron chi connectivity index (χ3n) is 4.68. The molecule has 4 heteroatoms. The van der Waals surface area contributed by atoms with Crippen LogP contribution in [0.1, 0.15) is 36.1 Å². The minimum Gasteiger partial charge on any atom is -0.378 e. The lowest BCUT2D eigenvalue weighted by atomic mass is 9.77. The molecule has 22 heavy (non-hydrogen) atoms. The number of ether oxygens (including phenoxy) is 1. The van der Waals surface area contributed by atoms with Crippen molar-refractivity contribution in [2.24, 2.45) is 5.92 Å². The van der Waals surface area contributed by atoms with E-state index in [4.69, 9.17) is 27.9 Å². The maximum atomic E-state index is 6.22. The number of hydrogen-bond acceptors (Lipinski definition) is 2. The molecule has 1 N–H and O–H groups in total. The van der Waals surface area contributed by atoms with Crippen LogP contribution in [0.4, 0.5) is 5.69 Å². The van der Waals surface area contributed by atoms with Gasteiger partial charge in [-0.3, -0.25) is 0 Å². The average Bonchev–Trinajstić information content (AvgIpc) is 2.57. The number of fused-ring (bicyclic) bond motifs is 3. The largest absolute Gasteiger partial charge is 0.378 e. The summed E-state index contributed by atoms with van der Waals surface area (Å²) >= 11 is 12.3. The molecule has 0 spiro atoms. The summed E-state index contributed by atoms with van der Waals surface area (Å²) in [5, 5.41) is 4.88. The predicted molar refractivity (Wildman–Crippen MR) is 90.7 cm³/mol. The molecule has 3 atom stereocenters. The molecule has 2 nitrogen and oxygen atoms in total. The first-order valence-electron chi connectivity index (χ1n) is 7.66. The van der Waals surface area contributed by atoms with Gasteiger partial charge in [0.1, 0.15) is 0 Å². The van der Waals surface area contributed by atoms with Gasteiger partial charge in [0, 0.05) is 23.8 Å². The van der Waals surface area contributed by atoms with Crippen molar-refractivity contribution in [2.45, 2.75) is 25.0 Å². The molecule has 0 bridgehead atoms. The lowest BCUT2D eigenvalue weighted by molar-refractivity contribution is -0.0381. The van der Waals surface area contributed by atoms with Crippen molar-refractivity contribution in [3.05, 3.63) is 63.6 Å². The van der Waals surface area contributed by atoms with Gasteiger partial charge in [0.05, 0.1) is 22.2 Å². The normalized spacial score (nSPS) is 26.7. The fourth-order valence-electron chi connectivity index (χ4n) is 3.65. The molecule has 1 fully saturated rings. The van der Waals surface area contributed by atoms with Crippen LogP contribution < -0.4 is 5.32 Å². The molecule has 0 aromatic heterocycles. The van der Waals surface area contributed by atoms with Crippen LogP contribution in [-0.4, -0.2) is 6.61 Å². The number of para-hydroxylation sites is 1. The highest BCUT2D eigenvalue weighted by Crippen LogP contribution is 2.49. The van der Waals surface area contributed by atoms with E-state index in [-0.39, 0.29) is 12.1 Å². The molecule has 2 heterocycles. The highest BCUT2D eigenvalue weighted by Gasteiger charge is 2.39. The van der Waals surface area contributed by atoms with Gasteiger partial charge in [0.15, 0.2) is 0 Å². The van der Waals surface area contributed by atoms with Crippen LogP contribution in [0.5, 0.6) is 0 Å². The Morgan fingerprint density at radius 3 is 2.77 bits per heavy atom. The van der Waals surface area contributed by atoms with Crippen LogP contribution in [-0.2, 0) is 4.74 Å². The minimum atomic E-state index is 0.158. The van der Waals surface area contributed by atoms with E-state index in [0.29, 0.717) is 16.0 Å². The van der Waals surface area contributed by atoms with Crippen molar-refractivity contribution < 1.29 is 4.74 Å². The Balaban J connectivity index is 1.77. The summed E-state index contributed by atoms with van der Waals surface area (Å²) in [5.74, 6) is 0.417. The first kappa shape index (κ1) is 14.4. The van der Waals surface area contributed by atoms with Gasteiger partial charge >= 0.3 is 0 Å². The number of nitrogens with one attached hydrogen (secondary N) is 1. The summed E-state index contributed by atoms with van der Waals surface area (Å²) < 4.78 is 6.11. The number of hydrogen-bond donors (Lipinski definition) is 1. The van der Waals surface area contributed by atoms with Crippen molar-refractivity contribution in [3.8, 4) is 0 Å². The molecule has 114 valence electrons. The van der Waals surface area contributed by atoms with Crippen molar-refractivity contribution in [2.75, 3.05) is 11.9 Å². The molecule has 0 aliphatic carbocycles. The van der Waals surface area contributed by atoms with Crippen LogP contribution >= 0.6 is 23.2 Å². The summed E-state index contributed by atoms with van der Waals surface area (Å²) in [6.45, 7) is 0.837. The zero-order valence-corrected chi connectivity index (χ0v) is 13.6. The van der Waals surface area contributed by atoms with Crippen molar-refractivity contribution in [3.63, 3.8) is 0 Å². The van der Waals surface area contributed by atoms with E-state index in [2.05, 4.69) is 35.6 Å². The molecule has 0 saturated carbocycles. The summed E-state index contributed by atoms with van der Waals surface area (Å²) in [7, 11) is 0. The molecule has 0 radical (unpaired) electrons. The maximum Gasteiger partial charge on any atom is 0.0895 e. The second-order valence-corrected chi connectivity index (χ2v) is 6.79. The van der Waals surface area contributed by atoms with Crippen LogP contribution in [0.25, 0.3) is 0 Å². The Bertz CT molecular complexity index is 703. The molecule has 2 aliphatic rings. The van der Waals surface area contributed by atoms with Crippen molar-refractivity contribution >= 4 is 28.9 Å². The Hall–Kier alpha value is -1.22. The second-order valence-electron chi connectivity index (χ2n) is 5.98. The molecule has 2 aromatic rings. The summed E-state index contributed by atoms with van der Waals surface area (Å²) in [6, 6.07) is 14.5. The third-order valence-corrected chi connectivity index (χ3v) is 5.42. The number of benzene rings is 2. The van der Waals surface area contributed by atoms with E-state index in [9.17, 15) is 0 Å². The minimum absolute atomic E-state index is 0.158. The van der Waals surface area contributed by atoms with Gasteiger partial charge in [-0.1, -0.05) is 47.5 Å². The second kappa shape index (κ2) is 5.77. The topological polar surface area (TPSA) is 21.3 Å². The monoisotopic (exact) mass is 333 g/mol. The van der Waals surface area contributed by atoms with E-state index in [0.717, 1.165) is 25.1 Å².